The molecule has 0 bridgehead atoms. The van der Waals surface area contributed by atoms with Gasteiger partial charge in [0.1, 0.15) is 0 Å². The van der Waals surface area contributed by atoms with Crippen LogP contribution >= 0.6 is 0 Å². The van der Waals surface area contributed by atoms with E-state index in [0.29, 0.717) is 0 Å². The van der Waals surface area contributed by atoms with Gasteiger partial charge in [-0.25, -0.2) is 19.2 Å². The van der Waals surface area contributed by atoms with E-state index in [1.165, 1.54) is 27.7 Å². The Morgan fingerprint density at radius 3 is 1.02 bits per heavy atom. The molecule has 0 radical (unpaired) electrons. The smallest absolute Gasteiger partial charge is 0.338 e. The van der Waals surface area contributed by atoms with Gasteiger partial charge < -0.3 is 18.9 Å². The number of hydrogen-bond donors (Lipinski definition) is 0. The highest BCUT2D eigenvalue weighted by Crippen LogP contribution is 2.44. The van der Waals surface area contributed by atoms with Gasteiger partial charge in [-0.05, 0) is 101 Å². The van der Waals surface area contributed by atoms with Crippen molar-refractivity contribution in [1.29, 1.82) is 0 Å². The highest BCUT2D eigenvalue weighted by Gasteiger charge is 2.27. The van der Waals surface area contributed by atoms with Crippen molar-refractivity contribution in [2.45, 2.75) is 65.2 Å². The second-order valence-electron chi connectivity index (χ2n) is 10.6. The highest BCUT2D eigenvalue weighted by atomic mass is 16.6. The van der Waals surface area contributed by atoms with Crippen molar-refractivity contribution in [3.05, 3.63) is 96.1 Å². The van der Waals surface area contributed by atoms with Crippen LogP contribution in [0, 0.1) is 0 Å². The predicted octanol–water partition coefficient (Wildman–Crippen LogP) is 7.05. The van der Waals surface area contributed by atoms with Crippen LogP contribution in [0.5, 0.6) is 23.0 Å². The Kier molecular flexibility index (Phi) is 10.4. The second kappa shape index (κ2) is 13.8. The lowest BCUT2D eigenvalue weighted by Crippen LogP contribution is -2.15. The first kappa shape index (κ1) is 31.8. The van der Waals surface area contributed by atoms with Crippen LogP contribution in [0.15, 0.2) is 85.0 Å². The van der Waals surface area contributed by atoms with E-state index in [2.05, 4.69) is 26.3 Å². The Morgan fingerprint density at radius 1 is 0.500 bits per heavy atom. The number of hydrogen-bond acceptors (Lipinski definition) is 8. The summed E-state index contributed by atoms with van der Waals surface area (Å²) in [5, 5.41) is 0. The van der Waals surface area contributed by atoms with E-state index in [9.17, 15) is 19.2 Å². The Labute approximate surface area is 246 Å². The first-order chi connectivity index (χ1) is 19.8. The van der Waals surface area contributed by atoms with Crippen LogP contribution in [0.25, 0.3) is 0 Å². The molecule has 0 N–H and O–H groups in total. The van der Waals surface area contributed by atoms with E-state index in [1.807, 2.05) is 12.1 Å². The van der Waals surface area contributed by atoms with Crippen LogP contribution in [0.1, 0.15) is 76.3 Å². The van der Waals surface area contributed by atoms with Gasteiger partial charge >= 0.3 is 23.9 Å². The van der Waals surface area contributed by atoms with Crippen LogP contribution in [0.4, 0.5) is 0 Å². The van der Waals surface area contributed by atoms with E-state index in [-0.39, 0.29) is 57.1 Å². The highest BCUT2D eigenvalue weighted by molar-refractivity contribution is 5.92. The van der Waals surface area contributed by atoms with Crippen molar-refractivity contribution in [1.82, 2.24) is 0 Å². The summed E-state index contributed by atoms with van der Waals surface area (Å²) in [6.45, 7) is 20.6. The molecular formula is C34H36O8. The van der Waals surface area contributed by atoms with Gasteiger partial charge in [-0.15, -0.1) is 0 Å². The molecule has 1 saturated carbocycles. The Bertz CT molecular complexity index is 1360. The minimum Gasteiger partial charge on any atom is -0.419 e. The van der Waals surface area contributed by atoms with Gasteiger partial charge in [-0.2, -0.15) is 0 Å². The number of carbonyl (C=O) groups is 4. The van der Waals surface area contributed by atoms with Crippen molar-refractivity contribution < 1.29 is 38.1 Å². The maximum Gasteiger partial charge on any atom is 0.338 e. The minimum absolute atomic E-state index is 0.124. The monoisotopic (exact) mass is 572 g/mol. The number of rotatable bonds is 10. The lowest BCUT2D eigenvalue weighted by atomic mass is 9.76. The molecule has 1 fully saturated rings. The molecule has 2 aromatic carbocycles. The molecule has 0 heterocycles. The van der Waals surface area contributed by atoms with Gasteiger partial charge in [0.15, 0.2) is 23.0 Å². The average Bonchev–Trinajstić information content (AvgIpc) is 2.94. The molecule has 42 heavy (non-hydrogen) atoms. The van der Waals surface area contributed by atoms with E-state index in [0.717, 1.165) is 36.8 Å². The summed E-state index contributed by atoms with van der Waals surface area (Å²) in [5.74, 6) is -1.61. The van der Waals surface area contributed by atoms with Crippen LogP contribution in [-0.4, -0.2) is 23.9 Å². The van der Waals surface area contributed by atoms with Crippen molar-refractivity contribution in [2.75, 3.05) is 0 Å². The summed E-state index contributed by atoms with van der Waals surface area (Å²) < 4.78 is 21.7. The third kappa shape index (κ3) is 8.16. The summed E-state index contributed by atoms with van der Waals surface area (Å²) in [6, 6.07) is 10.4. The predicted molar refractivity (Wildman–Crippen MR) is 159 cm³/mol. The van der Waals surface area contributed by atoms with Gasteiger partial charge in [-0.1, -0.05) is 38.4 Å². The van der Waals surface area contributed by atoms with Crippen LogP contribution in [0.2, 0.25) is 0 Å². The summed E-state index contributed by atoms with van der Waals surface area (Å²) in [4.78, 5) is 48.8. The fraction of sp³-hybridized carbons (Fsp3) is 0.294. The third-order valence-corrected chi connectivity index (χ3v) is 6.81. The Hall–Kier alpha value is -4.72. The number of ether oxygens (including phenoxy) is 4. The summed E-state index contributed by atoms with van der Waals surface area (Å²) in [6.07, 6.45) is 3.32. The molecule has 8 nitrogen and oxygen atoms in total. The number of carbonyl (C=O) groups excluding carboxylic acids is 4. The van der Waals surface area contributed by atoms with Crippen LogP contribution in [0.3, 0.4) is 0 Å². The fourth-order valence-corrected chi connectivity index (χ4v) is 4.39. The zero-order valence-corrected chi connectivity index (χ0v) is 24.5. The van der Waals surface area contributed by atoms with Gasteiger partial charge in [0, 0.05) is 22.3 Å². The van der Waals surface area contributed by atoms with Gasteiger partial charge in [0.05, 0.1) is 0 Å². The molecule has 0 amide bonds. The molecule has 1 aliphatic rings. The summed E-state index contributed by atoms with van der Waals surface area (Å²) in [7, 11) is 0. The molecule has 0 atom stereocenters. The summed E-state index contributed by atoms with van der Waals surface area (Å²) in [5.41, 5.74) is 2.76. The molecule has 0 saturated heterocycles. The maximum absolute atomic E-state index is 12.3. The van der Waals surface area contributed by atoms with Crippen LogP contribution in [-0.2, 0) is 19.2 Å². The molecular weight excluding hydrogens is 536 g/mol. The fourth-order valence-electron chi connectivity index (χ4n) is 4.39. The lowest BCUT2D eigenvalue weighted by Gasteiger charge is -2.29. The molecule has 1 aliphatic carbocycles. The molecule has 0 aromatic heterocycles. The van der Waals surface area contributed by atoms with E-state index >= 15 is 0 Å². The van der Waals surface area contributed by atoms with Crippen molar-refractivity contribution in [3.8, 4) is 23.0 Å². The first-order valence-corrected chi connectivity index (χ1v) is 13.6. The quantitative estimate of drug-likeness (QED) is 0.169. The standard InChI is InChI=1S/C34H36O8/c1-19(2)31(35)39-27-15-13-25(17-29(27)41-33(37)21(5)6)23-9-11-24(12-10-23)26-14-16-28(40-32(36)20(3)4)30(18-26)42-34(38)22(7)8/h13-18,23-24H,1,3,5,7,9-12H2,2,4,6,8H3. The SMILES string of the molecule is C=C(C)C(=O)Oc1ccc(C2CCC(c3ccc(OC(=O)C(=C)C)c(OC(=O)C(=C)C)c3)CC2)cc1OC(=O)C(=C)C. The largest absolute Gasteiger partial charge is 0.419 e. The average molecular weight is 573 g/mol. The Balaban J connectivity index is 1.81. The molecule has 220 valence electrons. The number of esters is 4. The van der Waals surface area contributed by atoms with E-state index in [1.54, 1.807) is 24.3 Å². The second-order valence-corrected chi connectivity index (χ2v) is 10.6. The molecule has 8 heteroatoms. The van der Waals surface area contributed by atoms with Gasteiger partial charge in [-0.3, -0.25) is 0 Å². The van der Waals surface area contributed by atoms with Gasteiger partial charge in [0.2, 0.25) is 0 Å². The molecule has 0 aliphatic heterocycles. The van der Waals surface area contributed by atoms with Crippen molar-refractivity contribution >= 4 is 23.9 Å². The normalized spacial score (nSPS) is 16.0. The molecule has 0 unspecified atom stereocenters. The van der Waals surface area contributed by atoms with Crippen LogP contribution < -0.4 is 18.9 Å². The lowest BCUT2D eigenvalue weighted by molar-refractivity contribution is -0.132. The third-order valence-electron chi connectivity index (χ3n) is 6.81. The molecule has 2 aromatic rings. The van der Waals surface area contributed by atoms with Crippen molar-refractivity contribution in [3.63, 3.8) is 0 Å². The zero-order chi connectivity index (χ0) is 31.1. The minimum atomic E-state index is -0.621. The molecule has 3 rings (SSSR count). The Morgan fingerprint density at radius 2 is 0.762 bits per heavy atom. The van der Waals surface area contributed by atoms with Gasteiger partial charge in [0.25, 0.3) is 0 Å². The zero-order valence-electron chi connectivity index (χ0n) is 24.5. The maximum atomic E-state index is 12.3. The molecule has 0 spiro atoms. The van der Waals surface area contributed by atoms with E-state index in [4.69, 9.17) is 18.9 Å². The van der Waals surface area contributed by atoms with Crippen molar-refractivity contribution in [2.24, 2.45) is 0 Å². The number of benzene rings is 2. The van der Waals surface area contributed by atoms with E-state index < -0.39 is 23.9 Å². The topological polar surface area (TPSA) is 105 Å². The first-order valence-electron chi connectivity index (χ1n) is 13.6. The summed E-state index contributed by atoms with van der Waals surface area (Å²) >= 11 is 0.